The van der Waals surface area contributed by atoms with E-state index in [0.29, 0.717) is 13.1 Å². The summed E-state index contributed by atoms with van der Waals surface area (Å²) in [6.07, 6.45) is 0.774. The fourth-order valence-electron chi connectivity index (χ4n) is 1.42. The van der Waals surface area contributed by atoms with Crippen LogP contribution in [0.15, 0.2) is 0 Å². The quantitative estimate of drug-likeness (QED) is 0.724. The van der Waals surface area contributed by atoms with Crippen molar-refractivity contribution in [2.75, 3.05) is 26.7 Å². The molecular weight excluding hydrogens is 228 g/mol. The first-order valence-corrected chi connectivity index (χ1v) is 6.98. The van der Waals surface area contributed by atoms with Gasteiger partial charge in [-0.3, -0.25) is 0 Å². The highest BCUT2D eigenvalue weighted by atomic mass is 32.2. The third-order valence-electron chi connectivity index (χ3n) is 2.17. The van der Waals surface area contributed by atoms with E-state index in [1.165, 1.54) is 8.61 Å². The first-order valence-electron chi connectivity index (χ1n) is 5.59. The van der Waals surface area contributed by atoms with Gasteiger partial charge in [-0.2, -0.15) is 17.0 Å². The molecule has 6 heteroatoms. The number of aliphatic hydroxyl groups is 1. The van der Waals surface area contributed by atoms with E-state index in [1.54, 1.807) is 27.8 Å². The lowest BCUT2D eigenvalue weighted by Crippen LogP contribution is -2.47. The lowest BCUT2D eigenvalue weighted by molar-refractivity contribution is 0.0587. The van der Waals surface area contributed by atoms with Crippen molar-refractivity contribution in [1.29, 1.82) is 0 Å². The van der Waals surface area contributed by atoms with Crippen LogP contribution in [0.3, 0.4) is 0 Å². The van der Waals surface area contributed by atoms with Gasteiger partial charge in [0.25, 0.3) is 10.2 Å². The number of hydrogen-bond donors (Lipinski definition) is 1. The van der Waals surface area contributed by atoms with Gasteiger partial charge in [-0.05, 0) is 20.3 Å². The van der Waals surface area contributed by atoms with Crippen LogP contribution in [0, 0.1) is 0 Å². The van der Waals surface area contributed by atoms with E-state index in [0.717, 1.165) is 6.42 Å². The predicted molar refractivity (Wildman–Crippen MR) is 65.4 cm³/mol. The van der Waals surface area contributed by atoms with Crippen molar-refractivity contribution in [3.63, 3.8) is 0 Å². The molecule has 0 aromatic heterocycles. The fourth-order valence-corrected chi connectivity index (χ4v) is 3.03. The third kappa shape index (κ3) is 4.78. The summed E-state index contributed by atoms with van der Waals surface area (Å²) in [5.74, 6) is 0. The maximum absolute atomic E-state index is 12.1. The lowest BCUT2D eigenvalue weighted by atomic mass is 10.1. The normalized spacial score (nSPS) is 13.8. The molecule has 0 aliphatic heterocycles. The Hall–Kier alpha value is -0.170. The summed E-state index contributed by atoms with van der Waals surface area (Å²) in [7, 11) is -1.88. The summed E-state index contributed by atoms with van der Waals surface area (Å²) >= 11 is 0. The molecule has 0 saturated carbocycles. The molecule has 0 fully saturated rings. The molecule has 0 aliphatic rings. The molecule has 0 spiro atoms. The van der Waals surface area contributed by atoms with Crippen molar-refractivity contribution in [3.05, 3.63) is 0 Å². The van der Waals surface area contributed by atoms with E-state index in [4.69, 9.17) is 0 Å². The summed E-state index contributed by atoms with van der Waals surface area (Å²) < 4.78 is 26.8. The van der Waals surface area contributed by atoms with E-state index < -0.39 is 15.8 Å². The fraction of sp³-hybridized carbons (Fsp3) is 1.00. The van der Waals surface area contributed by atoms with Crippen LogP contribution in [-0.4, -0.2) is 54.4 Å². The van der Waals surface area contributed by atoms with Crippen molar-refractivity contribution in [2.24, 2.45) is 0 Å². The maximum atomic E-state index is 12.1. The van der Waals surface area contributed by atoms with E-state index in [-0.39, 0.29) is 6.54 Å². The Morgan fingerprint density at radius 1 is 1.25 bits per heavy atom. The molecule has 5 nitrogen and oxygen atoms in total. The number of rotatable bonds is 7. The minimum atomic E-state index is -3.44. The van der Waals surface area contributed by atoms with E-state index in [2.05, 4.69) is 0 Å². The Balaban J connectivity index is 4.81. The summed E-state index contributed by atoms with van der Waals surface area (Å²) in [4.78, 5) is 0. The molecule has 0 radical (unpaired) electrons. The average molecular weight is 252 g/mol. The highest BCUT2D eigenvalue weighted by molar-refractivity contribution is 7.86. The molecule has 0 aliphatic carbocycles. The topological polar surface area (TPSA) is 60.9 Å². The number of nitrogens with zero attached hydrogens (tertiary/aromatic N) is 2. The summed E-state index contributed by atoms with van der Waals surface area (Å²) in [5.41, 5.74) is -1.02. The molecule has 0 aromatic carbocycles. The molecule has 16 heavy (non-hydrogen) atoms. The Bertz CT molecular complexity index is 296. The molecule has 0 unspecified atom stereocenters. The van der Waals surface area contributed by atoms with E-state index in [1.807, 2.05) is 6.92 Å². The van der Waals surface area contributed by atoms with Gasteiger partial charge in [0.2, 0.25) is 0 Å². The monoisotopic (exact) mass is 252 g/mol. The Morgan fingerprint density at radius 2 is 1.75 bits per heavy atom. The second-order valence-corrected chi connectivity index (χ2v) is 6.60. The molecule has 0 bridgehead atoms. The standard InChI is InChI=1S/C10H24N2O3S/c1-6-8-11(5)16(14,15)12(7-2)9-10(3,4)13/h13H,6-9H2,1-5H3. The third-order valence-corrected chi connectivity index (χ3v) is 4.18. The minimum absolute atomic E-state index is 0.111. The van der Waals surface area contributed by atoms with Gasteiger partial charge in [-0.25, -0.2) is 0 Å². The Morgan fingerprint density at radius 3 is 2.06 bits per heavy atom. The molecule has 0 atom stereocenters. The largest absolute Gasteiger partial charge is 0.389 e. The number of hydrogen-bond acceptors (Lipinski definition) is 3. The molecule has 0 rings (SSSR count). The van der Waals surface area contributed by atoms with Crippen LogP contribution in [0.25, 0.3) is 0 Å². The first-order chi connectivity index (χ1) is 7.15. The van der Waals surface area contributed by atoms with Crippen molar-refractivity contribution in [1.82, 2.24) is 8.61 Å². The van der Waals surface area contributed by atoms with Gasteiger partial charge in [0.15, 0.2) is 0 Å². The molecule has 0 amide bonds. The Labute approximate surface area is 99.2 Å². The SMILES string of the molecule is CCCN(C)S(=O)(=O)N(CC)CC(C)(C)O. The summed E-state index contributed by atoms with van der Waals surface area (Å²) in [6.45, 7) is 7.86. The molecular formula is C10H24N2O3S. The first kappa shape index (κ1) is 15.8. The van der Waals surface area contributed by atoms with Crippen LogP contribution in [0.4, 0.5) is 0 Å². The molecule has 98 valence electrons. The zero-order valence-electron chi connectivity index (χ0n) is 10.9. The van der Waals surface area contributed by atoms with E-state index in [9.17, 15) is 13.5 Å². The van der Waals surface area contributed by atoms with Crippen LogP contribution in [0.5, 0.6) is 0 Å². The van der Waals surface area contributed by atoms with Gasteiger partial charge >= 0.3 is 0 Å². The van der Waals surface area contributed by atoms with Crippen molar-refractivity contribution in [3.8, 4) is 0 Å². The van der Waals surface area contributed by atoms with E-state index >= 15 is 0 Å². The predicted octanol–water partition coefficient (Wildman–Crippen LogP) is 0.666. The Kier molecular flexibility index (Phi) is 5.89. The number of likely N-dealkylation sites (N-methyl/N-ethyl adjacent to an activating group) is 1. The highest BCUT2D eigenvalue weighted by Gasteiger charge is 2.29. The zero-order valence-corrected chi connectivity index (χ0v) is 11.7. The highest BCUT2D eigenvalue weighted by Crippen LogP contribution is 2.12. The minimum Gasteiger partial charge on any atom is -0.389 e. The second-order valence-electron chi connectivity index (χ2n) is 4.57. The molecule has 0 saturated heterocycles. The van der Waals surface area contributed by atoms with Crippen LogP contribution >= 0.6 is 0 Å². The second kappa shape index (κ2) is 5.95. The van der Waals surface area contributed by atoms with Crippen LogP contribution in [0.2, 0.25) is 0 Å². The average Bonchev–Trinajstić information content (AvgIpc) is 2.12. The zero-order chi connectivity index (χ0) is 13.0. The summed E-state index contributed by atoms with van der Waals surface area (Å²) in [5, 5.41) is 9.67. The smallest absolute Gasteiger partial charge is 0.281 e. The van der Waals surface area contributed by atoms with Crippen LogP contribution in [0.1, 0.15) is 34.1 Å². The van der Waals surface area contributed by atoms with Gasteiger partial charge < -0.3 is 5.11 Å². The molecule has 0 heterocycles. The van der Waals surface area contributed by atoms with Gasteiger partial charge in [-0.15, -0.1) is 0 Å². The van der Waals surface area contributed by atoms with Crippen molar-refractivity contribution < 1.29 is 13.5 Å². The molecule has 0 aromatic rings. The van der Waals surface area contributed by atoms with Gasteiger partial charge in [0, 0.05) is 26.7 Å². The van der Waals surface area contributed by atoms with Crippen LogP contribution in [-0.2, 0) is 10.2 Å². The van der Waals surface area contributed by atoms with Gasteiger partial charge in [0.1, 0.15) is 0 Å². The van der Waals surface area contributed by atoms with Crippen molar-refractivity contribution >= 4 is 10.2 Å². The van der Waals surface area contributed by atoms with Crippen LogP contribution < -0.4 is 0 Å². The van der Waals surface area contributed by atoms with Gasteiger partial charge in [-0.1, -0.05) is 13.8 Å². The summed E-state index contributed by atoms with van der Waals surface area (Å²) in [6, 6.07) is 0. The molecule has 1 N–H and O–H groups in total. The maximum Gasteiger partial charge on any atom is 0.281 e. The van der Waals surface area contributed by atoms with Crippen molar-refractivity contribution in [2.45, 2.75) is 39.7 Å². The lowest BCUT2D eigenvalue weighted by Gasteiger charge is -2.30. The van der Waals surface area contributed by atoms with Gasteiger partial charge in [0.05, 0.1) is 5.60 Å².